The molecule has 2 unspecified atom stereocenters. The molecule has 3 aliphatic rings. The van der Waals surface area contributed by atoms with Crippen LogP contribution in [0.1, 0.15) is 81.8 Å². The Bertz CT molecular complexity index is 3040. The van der Waals surface area contributed by atoms with Crippen molar-refractivity contribution < 1.29 is 10.2 Å². The van der Waals surface area contributed by atoms with E-state index in [0.29, 0.717) is 55.7 Å². The van der Waals surface area contributed by atoms with Gasteiger partial charge in [-0.2, -0.15) is 9.97 Å². The van der Waals surface area contributed by atoms with Gasteiger partial charge in [-0.05, 0) is 92.2 Å². The highest BCUT2D eigenvalue weighted by Gasteiger charge is 2.35. The number of hydrogen-bond donors (Lipinski definition) is 5. The van der Waals surface area contributed by atoms with Crippen LogP contribution in [0.5, 0.6) is 0 Å². The van der Waals surface area contributed by atoms with E-state index >= 15 is 0 Å². The van der Waals surface area contributed by atoms with Crippen LogP contribution in [0.25, 0.3) is 66.8 Å². The van der Waals surface area contributed by atoms with Crippen molar-refractivity contribution in [1.82, 2.24) is 35.2 Å². The maximum Gasteiger partial charge on any atom is 0.227 e. The number of anilines is 2. The number of hydrogen-bond acceptors (Lipinski definition) is 12. The molecule has 3 fully saturated rings. The fourth-order valence-corrected chi connectivity index (χ4v) is 9.98. The minimum absolute atomic E-state index is 0.221. The van der Waals surface area contributed by atoms with E-state index < -0.39 is 5.72 Å². The van der Waals surface area contributed by atoms with Crippen molar-refractivity contribution in [1.29, 1.82) is 0 Å². The zero-order valence-corrected chi connectivity index (χ0v) is 38.4. The molecule has 0 amide bonds. The molecule has 2 aliphatic carbocycles. The number of aromatic nitrogens is 6. The third-order valence-electron chi connectivity index (χ3n) is 14.4. The summed E-state index contributed by atoms with van der Waals surface area (Å²) < 4.78 is 0. The van der Waals surface area contributed by atoms with Gasteiger partial charge in [-0.15, -0.1) is 0 Å². The first-order valence-electron chi connectivity index (χ1n) is 24.4. The molecule has 12 heteroatoms. The molecule has 1 saturated heterocycles. The van der Waals surface area contributed by atoms with E-state index in [-0.39, 0.29) is 17.7 Å². The van der Waals surface area contributed by atoms with Gasteiger partial charge in [-0.1, -0.05) is 122 Å². The third kappa shape index (κ3) is 9.04. The fourth-order valence-electron chi connectivity index (χ4n) is 9.98. The van der Waals surface area contributed by atoms with Gasteiger partial charge in [0.1, 0.15) is 5.72 Å². The molecular weight excluding hydrogens is 845 g/mol. The molecule has 5 heterocycles. The molecule has 68 heavy (non-hydrogen) atoms. The number of β-amino-alcohol motifs (C(OH)–C–C–N with tert-alkyl or cyclic N) is 1. The molecule has 0 bridgehead atoms. The highest BCUT2D eigenvalue weighted by atomic mass is 16.3. The van der Waals surface area contributed by atoms with Gasteiger partial charge < -0.3 is 26.2 Å². The molecule has 6 N–H and O–H groups in total. The normalized spacial score (nSPS) is 17.8. The second-order valence-corrected chi connectivity index (χ2v) is 19.1. The minimum Gasteiger partial charge on any atom is -0.391 e. The molecule has 4 aromatic carbocycles. The first kappa shape index (κ1) is 43.8. The Balaban J connectivity index is 0.777. The van der Waals surface area contributed by atoms with Crippen LogP contribution < -0.4 is 21.3 Å². The number of benzene rings is 4. The molecule has 1 aliphatic heterocycles. The number of rotatable bonds is 16. The number of fused-ring (bicyclic) bond motifs is 2. The first-order chi connectivity index (χ1) is 33.3. The Hall–Kier alpha value is -6.70. The van der Waals surface area contributed by atoms with E-state index in [4.69, 9.17) is 25.7 Å². The van der Waals surface area contributed by atoms with E-state index in [1.54, 1.807) is 0 Å². The molecule has 4 aromatic heterocycles. The van der Waals surface area contributed by atoms with Crippen LogP contribution in [-0.2, 0) is 11.3 Å². The summed E-state index contributed by atoms with van der Waals surface area (Å²) in [7, 11) is 0. The summed E-state index contributed by atoms with van der Waals surface area (Å²) in [6.45, 7) is 1.92. The molecule has 11 rings (SSSR count). The summed E-state index contributed by atoms with van der Waals surface area (Å²) in [4.78, 5) is 31.4. The maximum atomic E-state index is 12.4. The van der Waals surface area contributed by atoms with Crippen molar-refractivity contribution >= 4 is 34.0 Å². The van der Waals surface area contributed by atoms with Crippen LogP contribution >= 0.6 is 0 Å². The molecule has 0 radical (unpaired) electrons. The summed E-state index contributed by atoms with van der Waals surface area (Å²) in [5, 5.41) is 31.4. The van der Waals surface area contributed by atoms with E-state index in [9.17, 15) is 10.2 Å². The van der Waals surface area contributed by atoms with Crippen LogP contribution in [0.3, 0.4) is 0 Å². The Morgan fingerprint density at radius 3 is 1.85 bits per heavy atom. The Labute approximate surface area is 397 Å². The van der Waals surface area contributed by atoms with E-state index in [0.717, 1.165) is 106 Å². The lowest BCUT2D eigenvalue weighted by Crippen LogP contribution is -2.50. The standard InChI is InChI=1S/C56H58N10O2/c57-55(27-11-28-55)43-22-18-39(19-23-43)49-47(37-12-4-1-5-13-37)32-41-34-59-53(63-51(41)61-49)58-30-9-3-8-29-56(68,65-45-16-10-17-45)44-24-20-40(21-25-44)50-48(38-14-6-2-7-15-38)33-42-35-60-54(64-52(42)62-50)66-31-26-46(67)36-66/h1-2,4-7,12-15,18-25,32-35,45-46,65,67-68H,3,8-11,16-17,26-31,36,57H2,(H,58,59,61,63). The lowest BCUT2D eigenvalue weighted by Gasteiger charge is -2.38. The SMILES string of the molecule is NC1(c2ccc(-c3nc4nc(NCCCCCC(O)(NC5CCC5)c5ccc(-c6nc7nc(N8CCC(O)C8)ncc7cc6-c6ccccc6)cc5)ncc4cc3-c3ccccc3)cc2)CCC1. The highest BCUT2D eigenvalue weighted by Crippen LogP contribution is 2.41. The zero-order chi connectivity index (χ0) is 46.1. The Morgan fingerprint density at radius 1 is 0.662 bits per heavy atom. The van der Waals surface area contributed by atoms with Gasteiger partial charge in [0.15, 0.2) is 11.3 Å². The molecule has 8 aromatic rings. The van der Waals surface area contributed by atoms with Crippen molar-refractivity contribution in [3.63, 3.8) is 0 Å². The van der Waals surface area contributed by atoms with Crippen molar-refractivity contribution in [2.45, 2.75) is 94.0 Å². The summed E-state index contributed by atoms with van der Waals surface area (Å²) in [6.07, 6.45) is 13.7. The quantitative estimate of drug-likeness (QED) is 0.0460. The molecular formula is C56H58N10O2. The summed E-state index contributed by atoms with van der Waals surface area (Å²) in [6, 6.07) is 42.0. The summed E-state index contributed by atoms with van der Waals surface area (Å²) in [5.41, 5.74) is 16.3. The molecule has 344 valence electrons. The fraction of sp³-hybridized carbons (Fsp3) is 0.321. The summed E-state index contributed by atoms with van der Waals surface area (Å²) in [5.74, 6) is 1.13. The topological polar surface area (TPSA) is 171 Å². The number of nitrogens with one attached hydrogen (secondary N) is 2. The van der Waals surface area contributed by atoms with E-state index in [1.165, 1.54) is 18.4 Å². The smallest absolute Gasteiger partial charge is 0.227 e. The van der Waals surface area contributed by atoms with Gasteiger partial charge in [0, 0.05) is 76.6 Å². The second-order valence-electron chi connectivity index (χ2n) is 19.1. The van der Waals surface area contributed by atoms with Crippen LogP contribution in [0.2, 0.25) is 0 Å². The van der Waals surface area contributed by atoms with Crippen molar-refractivity contribution in [2.24, 2.45) is 5.73 Å². The molecule has 0 spiro atoms. The average molecular weight is 903 g/mol. The highest BCUT2D eigenvalue weighted by molar-refractivity contribution is 5.91. The monoisotopic (exact) mass is 902 g/mol. The van der Waals surface area contributed by atoms with Crippen molar-refractivity contribution in [3.8, 4) is 44.8 Å². The lowest BCUT2D eigenvalue weighted by atomic mass is 9.72. The number of nitrogens with two attached hydrogens (primary N) is 1. The van der Waals surface area contributed by atoms with Gasteiger partial charge in [-0.3, -0.25) is 5.32 Å². The van der Waals surface area contributed by atoms with E-state index in [2.05, 4.69) is 106 Å². The largest absolute Gasteiger partial charge is 0.391 e. The average Bonchev–Trinajstić information content (AvgIpc) is 3.81. The van der Waals surface area contributed by atoms with Gasteiger partial charge in [0.05, 0.1) is 17.5 Å². The Kier molecular flexibility index (Phi) is 12.1. The van der Waals surface area contributed by atoms with Crippen LogP contribution in [0.15, 0.2) is 134 Å². The van der Waals surface area contributed by atoms with Crippen LogP contribution in [0.4, 0.5) is 11.9 Å². The van der Waals surface area contributed by atoms with Crippen molar-refractivity contribution in [2.75, 3.05) is 29.9 Å². The van der Waals surface area contributed by atoms with Crippen molar-refractivity contribution in [3.05, 3.63) is 145 Å². The van der Waals surface area contributed by atoms with Crippen LogP contribution in [-0.4, -0.2) is 71.9 Å². The molecule has 2 atom stereocenters. The zero-order valence-electron chi connectivity index (χ0n) is 38.4. The molecule has 12 nitrogen and oxygen atoms in total. The predicted molar refractivity (Wildman–Crippen MR) is 271 cm³/mol. The number of pyridine rings is 2. The lowest BCUT2D eigenvalue weighted by molar-refractivity contribution is -0.0306. The van der Waals surface area contributed by atoms with Crippen LogP contribution in [0, 0.1) is 0 Å². The third-order valence-corrected chi connectivity index (χ3v) is 14.4. The molecule has 2 saturated carbocycles. The minimum atomic E-state index is -1.18. The Morgan fingerprint density at radius 2 is 1.28 bits per heavy atom. The summed E-state index contributed by atoms with van der Waals surface area (Å²) >= 11 is 0. The first-order valence-corrected chi connectivity index (χ1v) is 24.4. The van der Waals surface area contributed by atoms with Gasteiger partial charge in [-0.25, -0.2) is 19.9 Å². The number of unbranched alkanes of at least 4 members (excludes halogenated alkanes) is 2. The second kappa shape index (κ2) is 18.8. The number of nitrogens with zero attached hydrogens (tertiary/aromatic N) is 7. The number of aliphatic hydroxyl groups is 2. The number of aliphatic hydroxyl groups excluding tert-OH is 1. The predicted octanol–water partition coefficient (Wildman–Crippen LogP) is 9.90. The van der Waals surface area contributed by atoms with Gasteiger partial charge >= 0.3 is 0 Å². The van der Waals surface area contributed by atoms with Gasteiger partial charge in [0.25, 0.3) is 0 Å². The van der Waals surface area contributed by atoms with Gasteiger partial charge in [0.2, 0.25) is 11.9 Å². The van der Waals surface area contributed by atoms with E-state index in [1.807, 2.05) is 53.7 Å². The maximum absolute atomic E-state index is 12.4.